The van der Waals surface area contributed by atoms with Crippen LogP contribution in [0.4, 0.5) is 0 Å². The van der Waals surface area contributed by atoms with Gasteiger partial charge in [0.25, 0.3) is 0 Å². The molecule has 0 spiro atoms. The van der Waals surface area contributed by atoms with Crippen molar-refractivity contribution >= 4 is 11.8 Å². The van der Waals surface area contributed by atoms with Crippen molar-refractivity contribution in [3.05, 3.63) is 52.6 Å². The maximum absolute atomic E-state index is 7.85. The number of hydrogen-bond acceptors (Lipinski definition) is 2. The first-order chi connectivity index (χ1) is 11.4. The van der Waals surface area contributed by atoms with Gasteiger partial charge in [-0.15, -0.1) is 0 Å². The Hall–Kier alpha value is -1.67. The van der Waals surface area contributed by atoms with Gasteiger partial charge in [0.2, 0.25) is 0 Å². The SMILES string of the molecule is C/C=C/CC(C)(C)Cc1cc(C2=CCN(C)CC2)cc(C)c1C=N. The van der Waals surface area contributed by atoms with Crippen molar-refractivity contribution in [2.75, 3.05) is 20.1 Å². The Bertz CT molecular complexity index is 650. The molecule has 2 rings (SSSR count). The second-order valence-electron chi connectivity index (χ2n) is 7.87. The van der Waals surface area contributed by atoms with E-state index in [4.69, 9.17) is 5.41 Å². The third-order valence-electron chi connectivity index (χ3n) is 4.98. The van der Waals surface area contributed by atoms with Gasteiger partial charge in [0.15, 0.2) is 0 Å². The molecule has 1 aliphatic heterocycles. The largest absolute Gasteiger partial charge is 0.308 e. The molecule has 130 valence electrons. The van der Waals surface area contributed by atoms with E-state index in [0.29, 0.717) is 0 Å². The summed E-state index contributed by atoms with van der Waals surface area (Å²) in [7, 11) is 2.17. The van der Waals surface area contributed by atoms with Gasteiger partial charge >= 0.3 is 0 Å². The highest BCUT2D eigenvalue weighted by atomic mass is 15.1. The summed E-state index contributed by atoms with van der Waals surface area (Å²) in [6, 6.07) is 4.60. The van der Waals surface area contributed by atoms with Crippen molar-refractivity contribution in [3.63, 3.8) is 0 Å². The Balaban J connectivity index is 2.37. The highest BCUT2D eigenvalue weighted by Crippen LogP contribution is 2.32. The van der Waals surface area contributed by atoms with Crippen molar-refractivity contribution in [1.29, 1.82) is 5.41 Å². The van der Waals surface area contributed by atoms with E-state index in [-0.39, 0.29) is 5.41 Å². The number of aryl methyl sites for hydroxylation is 1. The normalized spacial score (nSPS) is 16.5. The van der Waals surface area contributed by atoms with Crippen LogP contribution in [0, 0.1) is 17.7 Å². The summed E-state index contributed by atoms with van der Waals surface area (Å²) in [5, 5.41) is 7.85. The van der Waals surface area contributed by atoms with Crippen LogP contribution < -0.4 is 0 Å². The Kier molecular flexibility index (Phi) is 6.17. The van der Waals surface area contributed by atoms with Crippen LogP contribution in [0.3, 0.4) is 0 Å². The third-order valence-corrected chi connectivity index (χ3v) is 4.98. The molecule has 0 atom stereocenters. The zero-order chi connectivity index (χ0) is 17.7. The van der Waals surface area contributed by atoms with Gasteiger partial charge in [0, 0.05) is 19.3 Å². The van der Waals surface area contributed by atoms with Gasteiger partial charge in [0.1, 0.15) is 0 Å². The van der Waals surface area contributed by atoms with Crippen LogP contribution in [0.15, 0.2) is 30.4 Å². The smallest absolute Gasteiger partial charge is 0.0255 e. The Morgan fingerprint density at radius 1 is 1.29 bits per heavy atom. The summed E-state index contributed by atoms with van der Waals surface area (Å²) >= 11 is 0. The molecule has 0 radical (unpaired) electrons. The van der Waals surface area contributed by atoms with Gasteiger partial charge in [-0.25, -0.2) is 0 Å². The molecule has 0 aromatic heterocycles. The first-order valence-electron chi connectivity index (χ1n) is 8.99. The Morgan fingerprint density at radius 3 is 2.62 bits per heavy atom. The van der Waals surface area contributed by atoms with Crippen LogP contribution in [-0.2, 0) is 6.42 Å². The molecule has 0 saturated heterocycles. The lowest BCUT2D eigenvalue weighted by molar-refractivity contribution is 0.368. The zero-order valence-electron chi connectivity index (χ0n) is 15.9. The number of nitrogens with one attached hydrogen (secondary N) is 1. The molecular formula is C22H32N2. The average molecular weight is 325 g/mol. The standard InChI is InChI=1S/C22H32N2/c1-6-7-10-22(3,4)15-20-14-19(13-17(2)21(20)16-23)18-8-11-24(5)12-9-18/h6-8,13-14,16,23H,9-12,15H2,1-5H3/b7-6+,23-16?. The van der Waals surface area contributed by atoms with Crippen LogP contribution in [0.2, 0.25) is 0 Å². The van der Waals surface area contributed by atoms with E-state index < -0.39 is 0 Å². The number of allylic oxidation sites excluding steroid dienone is 2. The van der Waals surface area contributed by atoms with Gasteiger partial charge in [-0.05, 0) is 73.4 Å². The number of nitrogens with zero attached hydrogens (tertiary/aromatic N) is 1. The monoisotopic (exact) mass is 324 g/mol. The lowest BCUT2D eigenvalue weighted by Gasteiger charge is -2.26. The average Bonchev–Trinajstić information content (AvgIpc) is 2.53. The van der Waals surface area contributed by atoms with E-state index in [1.54, 1.807) is 0 Å². The van der Waals surface area contributed by atoms with E-state index >= 15 is 0 Å². The summed E-state index contributed by atoms with van der Waals surface area (Å²) in [6.07, 6.45) is 11.5. The number of benzene rings is 1. The van der Waals surface area contributed by atoms with Crippen LogP contribution in [0.25, 0.3) is 5.57 Å². The summed E-state index contributed by atoms with van der Waals surface area (Å²) in [4.78, 5) is 2.35. The predicted molar refractivity (Wildman–Crippen MR) is 106 cm³/mol. The number of hydrogen-bond donors (Lipinski definition) is 1. The summed E-state index contributed by atoms with van der Waals surface area (Å²) in [5.41, 5.74) is 6.65. The molecule has 0 saturated carbocycles. The highest BCUT2D eigenvalue weighted by molar-refractivity contribution is 5.83. The van der Waals surface area contributed by atoms with Gasteiger partial charge in [0.05, 0.1) is 0 Å². The molecular weight excluding hydrogens is 292 g/mol. The summed E-state index contributed by atoms with van der Waals surface area (Å²) in [6.45, 7) is 11.0. The molecule has 1 aromatic rings. The highest BCUT2D eigenvalue weighted by Gasteiger charge is 2.20. The topological polar surface area (TPSA) is 27.1 Å². The minimum atomic E-state index is 0.205. The number of likely N-dealkylation sites (N-methyl/N-ethyl adjacent to an activating group) is 1. The van der Waals surface area contributed by atoms with Crippen molar-refractivity contribution in [2.45, 2.75) is 47.0 Å². The molecule has 24 heavy (non-hydrogen) atoms. The fraction of sp³-hybridized carbons (Fsp3) is 0.500. The van der Waals surface area contributed by atoms with Crippen LogP contribution >= 0.6 is 0 Å². The molecule has 0 unspecified atom stereocenters. The van der Waals surface area contributed by atoms with E-state index in [1.807, 2.05) is 0 Å². The van der Waals surface area contributed by atoms with Crippen molar-refractivity contribution < 1.29 is 0 Å². The molecule has 1 aromatic carbocycles. The Morgan fingerprint density at radius 2 is 2.04 bits per heavy atom. The van der Waals surface area contributed by atoms with Gasteiger partial charge < -0.3 is 10.3 Å². The van der Waals surface area contributed by atoms with Gasteiger partial charge in [-0.1, -0.05) is 44.2 Å². The fourth-order valence-corrected chi connectivity index (χ4v) is 3.47. The first kappa shape index (κ1) is 18.7. The molecule has 0 fully saturated rings. The second kappa shape index (κ2) is 7.94. The van der Waals surface area contributed by atoms with Gasteiger partial charge in [-0.2, -0.15) is 0 Å². The summed E-state index contributed by atoms with van der Waals surface area (Å²) < 4.78 is 0. The van der Waals surface area contributed by atoms with Crippen molar-refractivity contribution in [2.24, 2.45) is 5.41 Å². The molecule has 1 N–H and O–H groups in total. The van der Waals surface area contributed by atoms with Crippen LogP contribution in [-0.4, -0.2) is 31.3 Å². The van der Waals surface area contributed by atoms with Crippen LogP contribution in [0.1, 0.15) is 55.9 Å². The molecule has 2 heteroatoms. The van der Waals surface area contributed by atoms with E-state index in [1.165, 1.54) is 28.5 Å². The molecule has 1 heterocycles. The second-order valence-corrected chi connectivity index (χ2v) is 7.87. The zero-order valence-corrected chi connectivity index (χ0v) is 15.9. The van der Waals surface area contributed by atoms with Crippen molar-refractivity contribution in [1.82, 2.24) is 4.90 Å². The van der Waals surface area contributed by atoms with E-state index in [9.17, 15) is 0 Å². The molecule has 0 bridgehead atoms. The summed E-state index contributed by atoms with van der Waals surface area (Å²) in [5.74, 6) is 0. The lowest BCUT2D eigenvalue weighted by atomic mass is 9.79. The van der Waals surface area contributed by atoms with Crippen LogP contribution in [0.5, 0.6) is 0 Å². The van der Waals surface area contributed by atoms with E-state index in [2.05, 4.69) is 70.0 Å². The maximum Gasteiger partial charge on any atom is 0.0255 e. The Labute approximate surface area is 147 Å². The minimum absolute atomic E-state index is 0.205. The minimum Gasteiger partial charge on any atom is -0.308 e. The molecule has 2 nitrogen and oxygen atoms in total. The predicted octanol–water partition coefficient (Wildman–Crippen LogP) is 5.25. The molecule has 0 amide bonds. The van der Waals surface area contributed by atoms with Gasteiger partial charge in [-0.3, -0.25) is 0 Å². The third kappa shape index (κ3) is 4.67. The number of rotatable bonds is 6. The molecule has 1 aliphatic rings. The maximum atomic E-state index is 7.85. The first-order valence-corrected chi connectivity index (χ1v) is 8.99. The van der Waals surface area contributed by atoms with Crippen molar-refractivity contribution in [3.8, 4) is 0 Å². The molecule has 0 aliphatic carbocycles. The fourth-order valence-electron chi connectivity index (χ4n) is 3.47. The lowest BCUT2D eigenvalue weighted by Crippen LogP contribution is -2.23. The quantitative estimate of drug-likeness (QED) is 0.562. The van der Waals surface area contributed by atoms with E-state index in [0.717, 1.165) is 37.9 Å².